The molecule has 0 saturated heterocycles. The molecule has 1 unspecified atom stereocenters. The Bertz CT molecular complexity index is 234. The van der Waals surface area contributed by atoms with Crippen LogP contribution in [0.15, 0.2) is 0 Å². The fraction of sp³-hybridized carbons (Fsp3) is 1.00. The molecule has 0 bridgehead atoms. The zero-order valence-corrected chi connectivity index (χ0v) is 16.2. The lowest BCUT2D eigenvalue weighted by molar-refractivity contribution is -0.870. The topological polar surface area (TPSA) is 41.5 Å². The van der Waals surface area contributed by atoms with Crippen LogP contribution in [0.4, 0.5) is 0 Å². The number of hydrogen-bond donors (Lipinski definition) is 0. The van der Waals surface area contributed by atoms with E-state index in [1.807, 2.05) is 0 Å². The van der Waals surface area contributed by atoms with Crippen molar-refractivity contribution in [2.24, 2.45) is 0 Å². The van der Waals surface area contributed by atoms with Crippen molar-refractivity contribution in [3.63, 3.8) is 0 Å². The molecule has 0 aliphatic carbocycles. The van der Waals surface area contributed by atoms with Gasteiger partial charge in [-0.25, -0.2) is 0 Å². The summed E-state index contributed by atoms with van der Waals surface area (Å²) in [5, 5.41) is 0. The highest BCUT2D eigenvalue weighted by Gasteiger charge is 2.06. The normalized spacial score (nSPS) is 13.5. The van der Waals surface area contributed by atoms with Crippen LogP contribution in [0.1, 0.15) is 71.1 Å². The Kier molecular flexibility index (Phi) is 15.0. The third-order valence-corrected chi connectivity index (χ3v) is 4.44. The largest absolute Gasteiger partial charge is 0.786 e. The van der Waals surface area contributed by atoms with Gasteiger partial charge < -0.3 is 18.4 Å². The van der Waals surface area contributed by atoms with Crippen molar-refractivity contribution < 1.29 is 18.4 Å². The first kappa shape index (κ1) is 22.3. The maximum absolute atomic E-state index is 11.5. The van der Waals surface area contributed by atoms with Crippen LogP contribution in [0.2, 0.25) is 0 Å². The molecule has 0 aliphatic heterocycles. The van der Waals surface area contributed by atoms with Crippen molar-refractivity contribution in [2.45, 2.75) is 71.1 Å². The fourth-order valence-corrected chi connectivity index (χ4v) is 2.74. The van der Waals surface area contributed by atoms with Gasteiger partial charge in [0.05, 0.1) is 36.4 Å². The van der Waals surface area contributed by atoms with E-state index in [2.05, 4.69) is 28.1 Å². The molecule has 1 atom stereocenters. The smallest absolute Gasteiger partial charge is 0.102 e. The van der Waals surface area contributed by atoms with Crippen LogP contribution in [-0.2, 0) is 9.05 Å². The minimum absolute atomic E-state index is 0.483. The first-order valence-corrected chi connectivity index (χ1v) is 10.1. The van der Waals surface area contributed by atoms with Crippen LogP contribution in [0.3, 0.4) is 0 Å². The molecule has 0 aromatic rings. The average molecular weight is 335 g/mol. The summed E-state index contributed by atoms with van der Waals surface area (Å²) in [6.07, 6.45) is 12.9. The van der Waals surface area contributed by atoms with E-state index in [1.165, 1.54) is 51.4 Å². The van der Waals surface area contributed by atoms with Crippen molar-refractivity contribution in [3.8, 4) is 0 Å². The van der Waals surface area contributed by atoms with Gasteiger partial charge in [-0.05, 0) is 6.42 Å². The standard InChI is InChI=1S/C17H38NO3P/c1-5-6-7-8-9-10-11-12-13-14-16-20-22(19)21-17-15-18(2,3)4/h5-17H2,1-4H3. The molecule has 0 saturated carbocycles. The highest BCUT2D eigenvalue weighted by Crippen LogP contribution is 2.27. The van der Waals surface area contributed by atoms with Crippen LogP contribution in [-0.4, -0.2) is 45.4 Å². The summed E-state index contributed by atoms with van der Waals surface area (Å²) in [6, 6.07) is 0. The van der Waals surface area contributed by atoms with Crippen molar-refractivity contribution in [3.05, 3.63) is 0 Å². The second-order valence-corrected chi connectivity index (χ2v) is 8.05. The lowest BCUT2D eigenvalue weighted by Gasteiger charge is -2.27. The van der Waals surface area contributed by atoms with Gasteiger partial charge in [-0.15, -0.1) is 0 Å². The Labute approximate surface area is 139 Å². The van der Waals surface area contributed by atoms with Crippen LogP contribution >= 0.6 is 8.60 Å². The number of likely N-dealkylation sites (N-methyl/N-ethyl adjacent to an activating group) is 1. The molecule has 0 N–H and O–H groups in total. The number of rotatable bonds is 16. The summed E-state index contributed by atoms with van der Waals surface area (Å²) < 4.78 is 11.2. The molecule has 0 aromatic carbocycles. The van der Waals surface area contributed by atoms with Gasteiger partial charge >= 0.3 is 0 Å². The Morgan fingerprint density at radius 3 is 1.68 bits per heavy atom. The highest BCUT2D eigenvalue weighted by atomic mass is 31.2. The summed E-state index contributed by atoms with van der Waals surface area (Å²) in [6.45, 7) is 4.13. The zero-order chi connectivity index (χ0) is 16.7. The molecule has 0 spiro atoms. The predicted octanol–water partition coefficient (Wildman–Crippen LogP) is 4.23. The van der Waals surface area contributed by atoms with E-state index in [9.17, 15) is 4.89 Å². The van der Waals surface area contributed by atoms with E-state index in [4.69, 9.17) is 9.05 Å². The molecule has 4 nitrogen and oxygen atoms in total. The first-order chi connectivity index (χ1) is 10.5. The van der Waals surface area contributed by atoms with Crippen molar-refractivity contribution in [1.29, 1.82) is 0 Å². The second-order valence-electron chi connectivity index (χ2n) is 7.09. The first-order valence-electron chi connectivity index (χ1n) is 8.99. The van der Waals surface area contributed by atoms with E-state index in [0.29, 0.717) is 13.2 Å². The van der Waals surface area contributed by atoms with Crippen molar-refractivity contribution >= 4 is 8.60 Å². The molecule has 0 aromatic heterocycles. The Hall–Kier alpha value is 0.270. The van der Waals surface area contributed by atoms with Crippen LogP contribution in [0.25, 0.3) is 0 Å². The Morgan fingerprint density at radius 1 is 0.727 bits per heavy atom. The van der Waals surface area contributed by atoms with Gasteiger partial charge in [0.25, 0.3) is 0 Å². The maximum Gasteiger partial charge on any atom is 0.102 e. The zero-order valence-electron chi connectivity index (χ0n) is 15.3. The van der Waals surface area contributed by atoms with Gasteiger partial charge in [0, 0.05) is 0 Å². The lowest BCUT2D eigenvalue weighted by atomic mass is 10.1. The van der Waals surface area contributed by atoms with Gasteiger partial charge in [0.1, 0.15) is 13.2 Å². The van der Waals surface area contributed by atoms with Crippen LogP contribution in [0, 0.1) is 0 Å². The SMILES string of the molecule is CCCCCCCCCCCCOP([O-])OCC[N+](C)(C)C. The van der Waals surface area contributed by atoms with Gasteiger partial charge in [-0.2, -0.15) is 0 Å². The van der Waals surface area contributed by atoms with Gasteiger partial charge in [0.2, 0.25) is 0 Å². The van der Waals surface area contributed by atoms with E-state index in [0.717, 1.165) is 23.9 Å². The number of unbranched alkanes of at least 4 members (excludes halogenated alkanes) is 9. The molecule has 22 heavy (non-hydrogen) atoms. The number of hydrogen-bond acceptors (Lipinski definition) is 3. The molecular formula is C17H38NO3P. The third-order valence-electron chi connectivity index (χ3n) is 3.65. The van der Waals surface area contributed by atoms with Crippen molar-refractivity contribution in [2.75, 3.05) is 40.9 Å². The van der Waals surface area contributed by atoms with E-state index >= 15 is 0 Å². The van der Waals surface area contributed by atoms with E-state index in [-0.39, 0.29) is 0 Å². The Balaban J connectivity index is 3.18. The molecule has 5 heteroatoms. The van der Waals surface area contributed by atoms with E-state index in [1.54, 1.807) is 0 Å². The summed E-state index contributed by atoms with van der Waals surface area (Å²) in [4.78, 5) is 11.5. The minimum atomic E-state index is -1.93. The molecule has 0 radical (unpaired) electrons. The molecule has 0 heterocycles. The highest BCUT2D eigenvalue weighted by molar-refractivity contribution is 7.39. The number of quaternary nitrogens is 1. The van der Waals surface area contributed by atoms with Crippen LogP contribution < -0.4 is 4.89 Å². The molecule has 0 fully saturated rings. The van der Waals surface area contributed by atoms with Gasteiger partial charge in [-0.1, -0.05) is 64.7 Å². The van der Waals surface area contributed by atoms with Crippen molar-refractivity contribution in [1.82, 2.24) is 0 Å². The van der Waals surface area contributed by atoms with Gasteiger partial charge in [-0.3, -0.25) is 0 Å². The summed E-state index contributed by atoms with van der Waals surface area (Å²) in [5.74, 6) is 0. The second kappa shape index (κ2) is 14.8. The maximum atomic E-state index is 11.5. The molecule has 0 amide bonds. The molecule has 0 aliphatic rings. The predicted molar refractivity (Wildman–Crippen MR) is 93.6 cm³/mol. The van der Waals surface area contributed by atoms with Gasteiger partial charge in [0.15, 0.2) is 0 Å². The summed E-state index contributed by atoms with van der Waals surface area (Å²) in [5.41, 5.74) is 0. The quantitative estimate of drug-likeness (QED) is 0.241. The molecule has 134 valence electrons. The number of nitrogens with zero attached hydrogens (tertiary/aromatic N) is 1. The molecular weight excluding hydrogens is 297 g/mol. The minimum Gasteiger partial charge on any atom is -0.786 e. The fourth-order valence-electron chi connectivity index (χ4n) is 2.16. The summed E-state index contributed by atoms with van der Waals surface area (Å²) >= 11 is 0. The Morgan fingerprint density at radius 2 is 1.18 bits per heavy atom. The average Bonchev–Trinajstić information content (AvgIpc) is 2.43. The lowest BCUT2D eigenvalue weighted by Crippen LogP contribution is -2.37. The molecule has 0 rings (SSSR count). The monoisotopic (exact) mass is 335 g/mol. The van der Waals surface area contributed by atoms with E-state index < -0.39 is 8.60 Å². The third kappa shape index (κ3) is 18.3. The van der Waals surface area contributed by atoms with Crippen LogP contribution in [0.5, 0.6) is 0 Å². The summed E-state index contributed by atoms with van der Waals surface area (Å²) in [7, 11) is 4.32.